The van der Waals surface area contributed by atoms with Crippen LogP contribution in [0.4, 0.5) is 11.4 Å². The fraction of sp³-hybridized carbons (Fsp3) is 0.118. The number of anilines is 1. The molecule has 3 aromatic rings. The quantitative estimate of drug-likeness (QED) is 0.412. The number of nitro benzene ring substituents is 1. The summed E-state index contributed by atoms with van der Waals surface area (Å²) in [5.41, 5.74) is 0.855. The van der Waals surface area contributed by atoms with Crippen molar-refractivity contribution in [1.29, 1.82) is 0 Å². The van der Waals surface area contributed by atoms with Crippen LogP contribution >= 0.6 is 0 Å². The number of H-pyrrole nitrogens is 1. The van der Waals surface area contributed by atoms with Crippen LogP contribution in [0.3, 0.4) is 0 Å². The molecule has 3 rings (SSSR count). The molecule has 0 radical (unpaired) electrons. The number of esters is 1. The number of hydrogen-bond acceptors (Lipinski definition) is 6. The third kappa shape index (κ3) is 3.51. The first-order chi connectivity index (χ1) is 12.5. The highest BCUT2D eigenvalue weighted by Crippen LogP contribution is 2.21. The van der Waals surface area contributed by atoms with Crippen molar-refractivity contribution in [3.8, 4) is 0 Å². The Balaban J connectivity index is 1.91. The summed E-state index contributed by atoms with van der Waals surface area (Å²) in [6.45, 7) is 1.74. The van der Waals surface area contributed by atoms with E-state index in [4.69, 9.17) is 4.74 Å². The van der Waals surface area contributed by atoms with Crippen molar-refractivity contribution >= 4 is 34.2 Å². The van der Waals surface area contributed by atoms with Crippen LogP contribution in [0.25, 0.3) is 10.9 Å². The van der Waals surface area contributed by atoms with E-state index in [2.05, 4.69) is 15.5 Å². The molecule has 0 saturated carbocycles. The van der Waals surface area contributed by atoms with Gasteiger partial charge in [-0.2, -0.15) is 5.10 Å². The average molecular weight is 354 g/mol. The normalized spacial score (nSPS) is 10.5. The molecule has 1 aromatic heterocycles. The van der Waals surface area contributed by atoms with E-state index in [1.54, 1.807) is 31.3 Å². The van der Waals surface area contributed by atoms with Crippen LogP contribution in [-0.2, 0) is 4.74 Å². The van der Waals surface area contributed by atoms with Crippen molar-refractivity contribution in [1.82, 2.24) is 10.2 Å². The maximum Gasteiger partial charge on any atom is 0.338 e. The highest BCUT2D eigenvalue weighted by molar-refractivity contribution is 6.07. The smallest absolute Gasteiger partial charge is 0.338 e. The number of nitrogens with zero attached hydrogens (tertiary/aromatic N) is 2. The summed E-state index contributed by atoms with van der Waals surface area (Å²) < 4.78 is 4.85. The van der Waals surface area contributed by atoms with Crippen LogP contribution in [0.2, 0.25) is 0 Å². The molecule has 1 heterocycles. The Morgan fingerprint density at radius 3 is 2.73 bits per heavy atom. The number of nitro groups is 1. The minimum atomic E-state index is -0.731. The topological polar surface area (TPSA) is 127 Å². The number of nitrogens with one attached hydrogen (secondary N) is 2. The van der Waals surface area contributed by atoms with Gasteiger partial charge in [0.05, 0.1) is 28.8 Å². The average Bonchev–Trinajstić information content (AvgIpc) is 3.09. The zero-order valence-corrected chi connectivity index (χ0v) is 13.7. The molecule has 26 heavy (non-hydrogen) atoms. The first-order valence-electron chi connectivity index (χ1n) is 7.69. The number of benzene rings is 2. The van der Waals surface area contributed by atoms with E-state index in [0.717, 1.165) is 23.0 Å². The molecule has 9 nitrogen and oxygen atoms in total. The number of ether oxygens (including phenoxy) is 1. The summed E-state index contributed by atoms with van der Waals surface area (Å²) in [6.07, 6.45) is 1.61. The van der Waals surface area contributed by atoms with Crippen molar-refractivity contribution in [2.45, 2.75) is 6.92 Å². The molecule has 2 aromatic carbocycles. The SMILES string of the molecule is CCOC(=O)c1cc(C(=O)Nc2ccc3[nH]ncc3c2)cc([N+](=O)[O-])c1. The second kappa shape index (κ2) is 7.01. The van der Waals surface area contributed by atoms with Crippen LogP contribution in [0, 0.1) is 10.1 Å². The monoisotopic (exact) mass is 354 g/mol. The number of fused-ring (bicyclic) bond motifs is 1. The zero-order chi connectivity index (χ0) is 18.7. The number of amides is 1. The second-order valence-corrected chi connectivity index (χ2v) is 5.37. The van der Waals surface area contributed by atoms with Crippen LogP contribution in [0.5, 0.6) is 0 Å². The van der Waals surface area contributed by atoms with Gasteiger partial charge in [0.25, 0.3) is 11.6 Å². The predicted molar refractivity (Wildman–Crippen MR) is 93.1 cm³/mol. The number of aromatic amines is 1. The number of carbonyl (C=O) groups excluding carboxylic acids is 2. The number of carbonyl (C=O) groups is 2. The summed E-state index contributed by atoms with van der Waals surface area (Å²) in [7, 11) is 0. The summed E-state index contributed by atoms with van der Waals surface area (Å²) >= 11 is 0. The highest BCUT2D eigenvalue weighted by Gasteiger charge is 2.19. The van der Waals surface area contributed by atoms with Crippen molar-refractivity contribution in [2.24, 2.45) is 0 Å². The fourth-order valence-corrected chi connectivity index (χ4v) is 2.40. The maximum absolute atomic E-state index is 12.5. The Morgan fingerprint density at radius 1 is 1.23 bits per heavy atom. The Kier molecular flexibility index (Phi) is 4.61. The molecule has 132 valence electrons. The lowest BCUT2D eigenvalue weighted by Gasteiger charge is -2.07. The molecule has 0 saturated heterocycles. The molecule has 0 aliphatic carbocycles. The molecule has 0 spiro atoms. The van der Waals surface area contributed by atoms with E-state index in [9.17, 15) is 19.7 Å². The summed E-state index contributed by atoms with van der Waals surface area (Å²) in [5, 5.41) is 21.2. The Bertz CT molecular complexity index is 1010. The van der Waals surface area contributed by atoms with Crippen LogP contribution < -0.4 is 5.32 Å². The van der Waals surface area contributed by atoms with Gasteiger partial charge in [-0.3, -0.25) is 20.0 Å². The van der Waals surface area contributed by atoms with Gasteiger partial charge in [0.2, 0.25) is 0 Å². The third-order valence-electron chi connectivity index (χ3n) is 3.60. The second-order valence-electron chi connectivity index (χ2n) is 5.37. The minimum Gasteiger partial charge on any atom is -0.462 e. The van der Waals surface area contributed by atoms with Crippen LogP contribution in [0.1, 0.15) is 27.6 Å². The number of aromatic nitrogens is 2. The molecule has 0 fully saturated rings. The van der Waals surface area contributed by atoms with E-state index in [1.807, 2.05) is 0 Å². The van der Waals surface area contributed by atoms with Crippen LogP contribution in [0.15, 0.2) is 42.6 Å². The van der Waals surface area contributed by atoms with E-state index in [0.29, 0.717) is 5.69 Å². The first-order valence-corrected chi connectivity index (χ1v) is 7.69. The largest absolute Gasteiger partial charge is 0.462 e. The number of hydrogen-bond donors (Lipinski definition) is 2. The van der Waals surface area contributed by atoms with Gasteiger partial charge in [-0.15, -0.1) is 0 Å². The molecule has 0 aliphatic rings. The molecule has 0 aliphatic heterocycles. The lowest BCUT2D eigenvalue weighted by atomic mass is 10.1. The minimum absolute atomic E-state index is 0.0189. The molecule has 2 N–H and O–H groups in total. The van der Waals surface area contributed by atoms with Gasteiger partial charge in [-0.25, -0.2) is 4.79 Å². The number of rotatable bonds is 5. The van der Waals surface area contributed by atoms with E-state index < -0.39 is 16.8 Å². The van der Waals surface area contributed by atoms with Gasteiger partial charge in [0.1, 0.15) is 0 Å². The Labute approximate surface area is 147 Å². The van der Waals surface area contributed by atoms with Gasteiger partial charge in [0, 0.05) is 28.8 Å². The van der Waals surface area contributed by atoms with Gasteiger partial charge < -0.3 is 10.1 Å². The molecule has 0 unspecified atom stereocenters. The Morgan fingerprint density at radius 2 is 2.00 bits per heavy atom. The maximum atomic E-state index is 12.5. The molecule has 9 heteroatoms. The highest BCUT2D eigenvalue weighted by atomic mass is 16.6. The summed E-state index contributed by atoms with van der Waals surface area (Å²) in [6, 6.07) is 8.56. The van der Waals surface area contributed by atoms with Crippen molar-refractivity contribution in [3.63, 3.8) is 0 Å². The Hall–Kier alpha value is -3.75. The van der Waals surface area contributed by atoms with Gasteiger partial charge in [0.15, 0.2) is 0 Å². The van der Waals surface area contributed by atoms with Gasteiger partial charge in [-0.05, 0) is 31.2 Å². The van der Waals surface area contributed by atoms with E-state index in [1.165, 1.54) is 6.07 Å². The standard InChI is InChI=1S/C17H14N4O5/c1-2-26-17(23)11-5-10(7-14(8-11)21(24)25)16(22)19-13-3-4-15-12(6-13)9-18-20-15/h3-9H,2H2,1H3,(H,18,20)(H,19,22). The molecular weight excluding hydrogens is 340 g/mol. The van der Waals surface area contributed by atoms with E-state index in [-0.39, 0.29) is 23.4 Å². The molecular formula is C17H14N4O5. The summed E-state index contributed by atoms with van der Waals surface area (Å²) in [4.78, 5) is 34.8. The summed E-state index contributed by atoms with van der Waals surface area (Å²) in [5.74, 6) is -1.31. The van der Waals surface area contributed by atoms with Crippen molar-refractivity contribution in [3.05, 3.63) is 63.8 Å². The lowest BCUT2D eigenvalue weighted by molar-refractivity contribution is -0.384. The van der Waals surface area contributed by atoms with Gasteiger partial charge in [-0.1, -0.05) is 0 Å². The third-order valence-corrected chi connectivity index (χ3v) is 3.60. The van der Waals surface area contributed by atoms with Crippen LogP contribution in [-0.4, -0.2) is 33.6 Å². The molecule has 0 bridgehead atoms. The number of non-ortho nitro benzene ring substituents is 1. The molecule has 1 amide bonds. The fourth-order valence-electron chi connectivity index (χ4n) is 2.40. The predicted octanol–water partition coefficient (Wildman–Crippen LogP) is 2.90. The molecule has 0 atom stereocenters. The zero-order valence-electron chi connectivity index (χ0n) is 13.7. The van der Waals surface area contributed by atoms with Crippen molar-refractivity contribution in [2.75, 3.05) is 11.9 Å². The van der Waals surface area contributed by atoms with E-state index >= 15 is 0 Å². The van der Waals surface area contributed by atoms with Gasteiger partial charge >= 0.3 is 5.97 Å². The first kappa shape index (κ1) is 17.1. The van der Waals surface area contributed by atoms with Crippen molar-refractivity contribution < 1.29 is 19.2 Å². The lowest BCUT2D eigenvalue weighted by Crippen LogP contribution is -2.14.